The molecular weight excluding hydrogens is 126 g/mol. The molecule has 3 heteroatoms. The van der Waals surface area contributed by atoms with Crippen molar-refractivity contribution in [2.45, 2.75) is 13.3 Å². The van der Waals surface area contributed by atoms with Crippen LogP contribution in [0, 0.1) is 34.5 Å². The minimum atomic E-state index is 0.201. The summed E-state index contributed by atoms with van der Waals surface area (Å²) in [5.41, 5.74) is 0.201. The Labute approximate surface area is 60.4 Å². The first kappa shape index (κ1) is 11.1. The number of nitrogens with zero attached hydrogens (tertiary/aromatic N) is 3. The predicted molar refractivity (Wildman–Crippen MR) is 34.6 cm³/mol. The van der Waals surface area contributed by atoms with Crippen molar-refractivity contribution in [3.63, 3.8) is 0 Å². The van der Waals surface area contributed by atoms with E-state index in [1.165, 1.54) is 0 Å². The van der Waals surface area contributed by atoms with Gasteiger partial charge in [0, 0.05) is 0 Å². The molecule has 10 heavy (non-hydrogen) atoms. The maximum absolute atomic E-state index is 8.12. The Hall–Kier alpha value is -1.79. The smallest absolute Gasteiger partial charge is 0.125 e. The van der Waals surface area contributed by atoms with Gasteiger partial charge in [-0.15, -0.1) is 0 Å². The first-order valence-corrected chi connectivity index (χ1v) is 2.57. The molecule has 3 nitrogen and oxygen atoms in total. The summed E-state index contributed by atoms with van der Waals surface area (Å²) in [5, 5.41) is 22.5. The lowest BCUT2D eigenvalue weighted by Crippen LogP contribution is -1.67. The molecule has 0 amide bonds. The first-order chi connectivity index (χ1) is 4.85. The number of rotatable bonds is 1. The normalized spacial score (nSPS) is 5.30. The second-order valence-electron chi connectivity index (χ2n) is 1.25. The van der Waals surface area contributed by atoms with E-state index in [0.717, 1.165) is 6.42 Å². The van der Waals surface area contributed by atoms with Gasteiger partial charge in [0.1, 0.15) is 17.7 Å². The Morgan fingerprint density at radius 3 is 1.90 bits per heavy atom. The Kier molecular flexibility index (Phi) is 11.3. The van der Waals surface area contributed by atoms with Crippen LogP contribution >= 0.6 is 0 Å². The van der Waals surface area contributed by atoms with E-state index >= 15 is 0 Å². The molecular formula is C7H6N3-. The first-order valence-electron chi connectivity index (χ1n) is 2.57. The molecule has 0 radical (unpaired) electrons. The van der Waals surface area contributed by atoms with Crippen LogP contribution in [0.3, 0.4) is 0 Å². The summed E-state index contributed by atoms with van der Waals surface area (Å²) >= 11 is 0. The molecule has 0 saturated heterocycles. The lowest BCUT2D eigenvalue weighted by atomic mass is 10.3. The molecule has 50 valence electrons. The van der Waals surface area contributed by atoms with Crippen molar-refractivity contribution in [2.24, 2.45) is 0 Å². The highest BCUT2D eigenvalue weighted by Crippen LogP contribution is 1.89. The van der Waals surface area contributed by atoms with Crippen LogP contribution in [0.5, 0.6) is 0 Å². The summed E-state index contributed by atoms with van der Waals surface area (Å²) in [6.07, 6.45) is 2.34. The third-order valence-electron chi connectivity index (χ3n) is 0.649. The van der Waals surface area contributed by atoms with Crippen molar-refractivity contribution < 1.29 is 0 Å². The summed E-state index contributed by atoms with van der Waals surface area (Å²) < 4.78 is 0. The molecule has 0 heterocycles. The molecule has 0 aromatic carbocycles. The third-order valence-corrected chi connectivity index (χ3v) is 0.649. The van der Waals surface area contributed by atoms with Crippen LogP contribution in [0.4, 0.5) is 0 Å². The van der Waals surface area contributed by atoms with E-state index in [2.05, 4.69) is 0 Å². The van der Waals surface area contributed by atoms with Crippen molar-refractivity contribution in [1.82, 2.24) is 0 Å². The summed E-state index contributed by atoms with van der Waals surface area (Å²) in [5.74, 6) is 0. The van der Waals surface area contributed by atoms with Gasteiger partial charge in [-0.3, -0.25) is 0 Å². The molecule has 0 aliphatic carbocycles. The van der Waals surface area contributed by atoms with Gasteiger partial charge >= 0.3 is 0 Å². The Morgan fingerprint density at radius 1 is 1.40 bits per heavy atom. The minimum Gasteiger partial charge on any atom is -0.512 e. The van der Waals surface area contributed by atoms with Crippen LogP contribution in [0.15, 0.2) is 11.6 Å². The van der Waals surface area contributed by atoms with Gasteiger partial charge in [0.25, 0.3) is 0 Å². The van der Waals surface area contributed by atoms with Gasteiger partial charge in [-0.05, 0) is 6.42 Å². The Balaban J connectivity index is 0. The van der Waals surface area contributed by atoms with E-state index in [9.17, 15) is 0 Å². The van der Waals surface area contributed by atoms with Gasteiger partial charge in [0.2, 0.25) is 0 Å². The summed E-state index contributed by atoms with van der Waals surface area (Å²) in [4.78, 5) is 0. The van der Waals surface area contributed by atoms with Crippen molar-refractivity contribution >= 4 is 0 Å². The second-order valence-corrected chi connectivity index (χ2v) is 1.25. The van der Waals surface area contributed by atoms with Crippen LogP contribution in [0.2, 0.25) is 0 Å². The lowest BCUT2D eigenvalue weighted by molar-refractivity contribution is 1.21. The number of allylic oxidation sites excluding steroid dienone is 2. The van der Waals surface area contributed by atoms with Crippen LogP contribution < -0.4 is 0 Å². The number of hydrogen-bond donors (Lipinski definition) is 0. The van der Waals surface area contributed by atoms with Crippen LogP contribution in [0.1, 0.15) is 13.3 Å². The van der Waals surface area contributed by atoms with Gasteiger partial charge in [0.05, 0.1) is 0 Å². The fourth-order valence-corrected chi connectivity index (χ4v) is 0.320. The average molecular weight is 132 g/mol. The zero-order chi connectivity index (χ0) is 8.41. The molecule has 0 N–H and O–H groups in total. The standard InChI is InChI=1S/C6H6N2.CN/c1-2-3-6(4-7)5-8;1-2/h3H,2H2,1H3;/q;-1. The van der Waals surface area contributed by atoms with Crippen LogP contribution in [0.25, 0.3) is 0 Å². The van der Waals surface area contributed by atoms with E-state index in [4.69, 9.17) is 22.4 Å². The molecule has 0 aromatic heterocycles. The number of nitriles is 2. The van der Waals surface area contributed by atoms with Crippen molar-refractivity contribution in [1.29, 1.82) is 15.8 Å². The molecule has 0 bridgehead atoms. The van der Waals surface area contributed by atoms with Crippen molar-refractivity contribution in [3.8, 4) is 12.1 Å². The van der Waals surface area contributed by atoms with Gasteiger partial charge in [-0.25, -0.2) is 0 Å². The predicted octanol–water partition coefficient (Wildman–Crippen LogP) is 1.47. The molecule has 0 aliphatic rings. The van der Waals surface area contributed by atoms with E-state index in [-0.39, 0.29) is 5.57 Å². The largest absolute Gasteiger partial charge is 0.512 e. The number of hydrogen-bond acceptors (Lipinski definition) is 3. The summed E-state index contributed by atoms with van der Waals surface area (Å²) in [6, 6.07) is 3.51. The maximum atomic E-state index is 8.12. The minimum absolute atomic E-state index is 0.201. The molecule has 0 aliphatic heterocycles. The van der Waals surface area contributed by atoms with Crippen LogP contribution in [-0.4, -0.2) is 0 Å². The Bertz CT molecular complexity index is 183. The molecule has 0 fully saturated rings. The topological polar surface area (TPSA) is 71.4 Å². The van der Waals surface area contributed by atoms with E-state index in [1.807, 2.05) is 6.92 Å². The highest BCUT2D eigenvalue weighted by atomic mass is 14.3. The van der Waals surface area contributed by atoms with Crippen molar-refractivity contribution in [2.75, 3.05) is 0 Å². The molecule has 0 aromatic rings. The highest BCUT2D eigenvalue weighted by molar-refractivity contribution is 5.34. The zero-order valence-corrected chi connectivity index (χ0v) is 5.63. The molecule has 0 unspecified atom stereocenters. The van der Waals surface area contributed by atoms with Crippen molar-refractivity contribution in [3.05, 3.63) is 18.2 Å². The monoisotopic (exact) mass is 132 g/mol. The fraction of sp³-hybridized carbons (Fsp3) is 0.286. The van der Waals surface area contributed by atoms with Gasteiger partial charge in [-0.2, -0.15) is 10.5 Å². The van der Waals surface area contributed by atoms with E-state index < -0.39 is 0 Å². The zero-order valence-electron chi connectivity index (χ0n) is 5.63. The van der Waals surface area contributed by atoms with Crippen LogP contribution in [-0.2, 0) is 0 Å². The highest BCUT2D eigenvalue weighted by Gasteiger charge is 1.84. The summed E-state index contributed by atoms with van der Waals surface area (Å²) in [7, 11) is 0. The lowest BCUT2D eigenvalue weighted by Gasteiger charge is -1.74. The SMILES string of the molecule is CCC=C(C#N)C#N.[C-]#N. The maximum Gasteiger partial charge on any atom is 0.125 e. The van der Waals surface area contributed by atoms with E-state index in [1.54, 1.807) is 18.2 Å². The fourth-order valence-electron chi connectivity index (χ4n) is 0.320. The third kappa shape index (κ3) is 6.21. The molecule has 0 saturated carbocycles. The molecule has 0 atom stereocenters. The average Bonchev–Trinajstić information content (AvgIpc) is 2.04. The van der Waals surface area contributed by atoms with Gasteiger partial charge < -0.3 is 11.8 Å². The van der Waals surface area contributed by atoms with E-state index in [0.29, 0.717) is 0 Å². The van der Waals surface area contributed by atoms with Gasteiger partial charge in [0.15, 0.2) is 0 Å². The second kappa shape index (κ2) is 10.2. The Morgan fingerprint density at radius 2 is 1.80 bits per heavy atom. The molecule has 0 spiro atoms. The summed E-state index contributed by atoms with van der Waals surface area (Å²) in [6.45, 7) is 6.63. The quantitative estimate of drug-likeness (QED) is 0.400. The molecule has 0 rings (SSSR count). The van der Waals surface area contributed by atoms with Gasteiger partial charge in [-0.1, -0.05) is 13.0 Å².